The number of aryl methyl sites for hydroxylation is 1. The van der Waals surface area contributed by atoms with E-state index in [0.717, 1.165) is 21.0 Å². The van der Waals surface area contributed by atoms with E-state index in [1.807, 2.05) is 61.5 Å². The van der Waals surface area contributed by atoms with Crippen molar-refractivity contribution in [2.24, 2.45) is 0 Å². The number of nitrogens with zero attached hydrogens (tertiary/aromatic N) is 2. The Labute approximate surface area is 259 Å². The Morgan fingerprint density at radius 2 is 1.45 bits per heavy atom. The molecule has 0 saturated carbocycles. The Kier molecular flexibility index (Phi) is 10.6. The van der Waals surface area contributed by atoms with Gasteiger partial charge in [-0.2, -0.15) is 0 Å². The Hall–Kier alpha value is -4.83. The molecule has 1 atom stereocenters. The number of amides is 2. The van der Waals surface area contributed by atoms with Gasteiger partial charge < -0.3 is 19.7 Å². The molecule has 44 heavy (non-hydrogen) atoms. The lowest BCUT2D eigenvalue weighted by Crippen LogP contribution is -2.53. The molecule has 4 aromatic rings. The summed E-state index contributed by atoms with van der Waals surface area (Å²) in [5.41, 5.74) is 2.82. The summed E-state index contributed by atoms with van der Waals surface area (Å²) < 4.78 is 40.3. The Balaban J connectivity index is 1.84. The molecule has 0 bridgehead atoms. The highest BCUT2D eigenvalue weighted by atomic mass is 32.2. The lowest BCUT2D eigenvalue weighted by molar-refractivity contribution is -0.139. The molecule has 2 amide bonds. The van der Waals surface area contributed by atoms with Crippen LogP contribution in [0.25, 0.3) is 0 Å². The fourth-order valence-corrected chi connectivity index (χ4v) is 6.27. The zero-order chi connectivity index (χ0) is 31.7. The predicted octanol–water partition coefficient (Wildman–Crippen LogP) is 4.59. The van der Waals surface area contributed by atoms with Gasteiger partial charge in [-0.25, -0.2) is 8.42 Å². The quantitative estimate of drug-likeness (QED) is 0.236. The molecule has 0 spiro atoms. The molecule has 9 nitrogen and oxygen atoms in total. The average molecular weight is 616 g/mol. The summed E-state index contributed by atoms with van der Waals surface area (Å²) in [5, 5.41) is 2.69. The number of sulfonamides is 1. The summed E-state index contributed by atoms with van der Waals surface area (Å²) >= 11 is 0. The van der Waals surface area contributed by atoms with Crippen LogP contribution in [0.5, 0.6) is 11.5 Å². The molecule has 0 heterocycles. The van der Waals surface area contributed by atoms with E-state index in [1.165, 1.54) is 44.4 Å². The third-order valence-electron chi connectivity index (χ3n) is 7.26. The second kappa shape index (κ2) is 14.6. The molecule has 0 aliphatic carbocycles. The van der Waals surface area contributed by atoms with Gasteiger partial charge in [0.25, 0.3) is 10.0 Å². The van der Waals surface area contributed by atoms with Gasteiger partial charge in [0.05, 0.1) is 24.8 Å². The minimum atomic E-state index is -4.28. The third-order valence-corrected chi connectivity index (χ3v) is 9.03. The van der Waals surface area contributed by atoms with Crippen LogP contribution in [0, 0.1) is 6.92 Å². The first-order valence-corrected chi connectivity index (χ1v) is 15.5. The van der Waals surface area contributed by atoms with Gasteiger partial charge in [-0.1, -0.05) is 78.4 Å². The molecule has 1 N–H and O–H groups in total. The van der Waals surface area contributed by atoms with Gasteiger partial charge in [-0.3, -0.25) is 13.9 Å². The van der Waals surface area contributed by atoms with Crippen LogP contribution in [0.15, 0.2) is 108 Å². The van der Waals surface area contributed by atoms with Crippen LogP contribution in [-0.2, 0) is 32.6 Å². The van der Waals surface area contributed by atoms with Gasteiger partial charge >= 0.3 is 0 Å². The van der Waals surface area contributed by atoms with Crippen LogP contribution in [0.3, 0.4) is 0 Å². The van der Waals surface area contributed by atoms with Gasteiger partial charge in [0.2, 0.25) is 11.8 Å². The van der Waals surface area contributed by atoms with Crippen LogP contribution >= 0.6 is 0 Å². The van der Waals surface area contributed by atoms with Crippen molar-refractivity contribution in [3.05, 3.63) is 120 Å². The second-order valence-electron chi connectivity index (χ2n) is 10.2. The van der Waals surface area contributed by atoms with E-state index in [1.54, 1.807) is 30.3 Å². The average Bonchev–Trinajstić information content (AvgIpc) is 3.06. The predicted molar refractivity (Wildman–Crippen MR) is 170 cm³/mol. The molecular formula is C34H37N3O6S. The molecule has 0 unspecified atom stereocenters. The Morgan fingerprint density at radius 3 is 2.05 bits per heavy atom. The van der Waals surface area contributed by atoms with Crippen LogP contribution in [-0.4, -0.2) is 59.0 Å². The first-order chi connectivity index (χ1) is 21.2. The first-order valence-electron chi connectivity index (χ1n) is 14.1. The highest BCUT2D eigenvalue weighted by Crippen LogP contribution is 2.36. The molecule has 0 radical (unpaired) electrons. The van der Waals surface area contributed by atoms with Crippen molar-refractivity contribution in [2.75, 3.05) is 32.1 Å². The van der Waals surface area contributed by atoms with E-state index < -0.39 is 28.5 Å². The minimum Gasteiger partial charge on any atom is -0.497 e. The highest BCUT2D eigenvalue weighted by molar-refractivity contribution is 7.92. The number of anilines is 1. The van der Waals surface area contributed by atoms with E-state index >= 15 is 0 Å². The number of likely N-dealkylation sites (N-methyl/N-ethyl adjacent to an activating group) is 1. The van der Waals surface area contributed by atoms with Crippen molar-refractivity contribution in [3.63, 3.8) is 0 Å². The van der Waals surface area contributed by atoms with Crippen molar-refractivity contribution in [1.82, 2.24) is 10.2 Å². The Morgan fingerprint density at radius 1 is 0.818 bits per heavy atom. The zero-order valence-electron chi connectivity index (χ0n) is 25.3. The number of carbonyl (C=O) groups is 2. The third kappa shape index (κ3) is 7.57. The largest absolute Gasteiger partial charge is 0.497 e. The van der Waals surface area contributed by atoms with E-state index in [9.17, 15) is 18.0 Å². The van der Waals surface area contributed by atoms with Crippen molar-refractivity contribution in [1.29, 1.82) is 0 Å². The maximum absolute atomic E-state index is 14.5. The zero-order valence-corrected chi connectivity index (χ0v) is 26.1. The lowest BCUT2D eigenvalue weighted by Gasteiger charge is -2.34. The molecule has 0 aliphatic rings. The number of methoxy groups -OCH3 is 2. The highest BCUT2D eigenvalue weighted by Gasteiger charge is 2.35. The van der Waals surface area contributed by atoms with Crippen LogP contribution in [0.2, 0.25) is 0 Å². The van der Waals surface area contributed by atoms with Crippen molar-refractivity contribution >= 4 is 27.5 Å². The van der Waals surface area contributed by atoms with Crippen molar-refractivity contribution in [3.8, 4) is 11.5 Å². The topological polar surface area (TPSA) is 105 Å². The fraction of sp³-hybridized carbons (Fsp3) is 0.235. The number of hydrogen-bond donors (Lipinski definition) is 1. The summed E-state index contributed by atoms with van der Waals surface area (Å²) in [5.74, 6) is -0.328. The monoisotopic (exact) mass is 615 g/mol. The van der Waals surface area contributed by atoms with E-state index in [0.29, 0.717) is 5.75 Å². The molecule has 0 fully saturated rings. The summed E-state index contributed by atoms with van der Waals surface area (Å²) in [6, 6.07) is 28.7. The molecule has 0 aliphatic heterocycles. The molecule has 10 heteroatoms. The van der Waals surface area contributed by atoms with Gasteiger partial charge in [0.15, 0.2) is 0 Å². The summed E-state index contributed by atoms with van der Waals surface area (Å²) in [4.78, 5) is 29.3. The van der Waals surface area contributed by atoms with E-state index in [-0.39, 0.29) is 35.2 Å². The molecular weight excluding hydrogens is 578 g/mol. The second-order valence-corrected chi connectivity index (χ2v) is 12.1. The van der Waals surface area contributed by atoms with Gasteiger partial charge in [-0.15, -0.1) is 0 Å². The number of rotatable bonds is 13. The van der Waals surface area contributed by atoms with E-state index in [4.69, 9.17) is 9.47 Å². The fourth-order valence-electron chi connectivity index (χ4n) is 4.84. The molecule has 4 rings (SSSR count). The van der Waals surface area contributed by atoms with Crippen LogP contribution < -0.4 is 19.1 Å². The molecule has 230 valence electrons. The molecule has 0 aromatic heterocycles. The number of ether oxygens (including phenoxy) is 2. The van der Waals surface area contributed by atoms with Crippen LogP contribution in [0.1, 0.15) is 16.7 Å². The number of nitrogens with one attached hydrogen (secondary N) is 1. The lowest BCUT2D eigenvalue weighted by atomic mass is 10.0. The normalized spacial score (nSPS) is 11.7. The summed E-state index contributed by atoms with van der Waals surface area (Å²) in [6.45, 7) is 1.44. The first kappa shape index (κ1) is 32.1. The standard InChI is InChI=1S/C34H37N3O6S/c1-25-15-17-27(18-16-25)23-36(31(34(39)35-2)21-26-11-7-5-8-12-26)33(38)24-37(44(40,41)29-13-9-6-10-14-29)30-22-28(42-3)19-20-32(30)43-4/h5-20,22,31H,21,23-24H2,1-4H3,(H,35,39)/t31-/m0/s1. The number of benzene rings is 4. The number of carbonyl (C=O) groups excluding carboxylic acids is 2. The SMILES string of the molecule is CNC(=O)[C@H](Cc1ccccc1)N(Cc1ccc(C)cc1)C(=O)CN(c1cc(OC)ccc1OC)S(=O)(=O)c1ccccc1. The Bertz CT molecular complexity index is 1660. The van der Waals surface area contributed by atoms with Gasteiger partial charge in [0.1, 0.15) is 24.1 Å². The molecule has 4 aromatic carbocycles. The molecule has 0 saturated heterocycles. The van der Waals surface area contributed by atoms with Crippen molar-refractivity contribution < 1.29 is 27.5 Å². The number of hydrogen-bond acceptors (Lipinski definition) is 6. The maximum Gasteiger partial charge on any atom is 0.264 e. The minimum absolute atomic E-state index is 0.00473. The van der Waals surface area contributed by atoms with E-state index in [2.05, 4.69) is 5.32 Å². The smallest absolute Gasteiger partial charge is 0.264 e. The van der Waals surface area contributed by atoms with Gasteiger partial charge in [-0.05, 0) is 42.3 Å². The summed E-state index contributed by atoms with van der Waals surface area (Å²) in [7, 11) is 0.125. The maximum atomic E-state index is 14.5. The summed E-state index contributed by atoms with van der Waals surface area (Å²) in [6.07, 6.45) is 0.228. The van der Waals surface area contributed by atoms with Gasteiger partial charge in [0, 0.05) is 26.1 Å². The van der Waals surface area contributed by atoms with Crippen molar-refractivity contribution in [2.45, 2.75) is 30.8 Å². The van der Waals surface area contributed by atoms with Crippen LogP contribution in [0.4, 0.5) is 5.69 Å².